The number of ether oxygens (including phenoxy) is 1. The van der Waals surface area contributed by atoms with Gasteiger partial charge in [0, 0.05) is 13.0 Å². The Morgan fingerprint density at radius 3 is 2.75 bits per heavy atom. The van der Waals surface area contributed by atoms with Gasteiger partial charge in [0.1, 0.15) is 6.10 Å². The second-order valence-electron chi connectivity index (χ2n) is 3.98. The Hall–Kier alpha value is -0.710. The monoisotopic (exact) mass is 237 g/mol. The average molecular weight is 237 g/mol. The van der Waals surface area contributed by atoms with Crippen molar-refractivity contribution in [3.8, 4) is 0 Å². The van der Waals surface area contributed by atoms with Crippen LogP contribution in [0.2, 0.25) is 0 Å². The van der Waals surface area contributed by atoms with Crippen LogP contribution in [0.25, 0.3) is 0 Å². The summed E-state index contributed by atoms with van der Waals surface area (Å²) in [5.41, 5.74) is 0. The van der Waals surface area contributed by atoms with Crippen LogP contribution >= 0.6 is 0 Å². The molecule has 0 saturated heterocycles. The fourth-order valence-electron chi connectivity index (χ4n) is 1.57. The first-order valence-corrected chi connectivity index (χ1v) is 5.66. The minimum atomic E-state index is -4.02. The van der Waals surface area contributed by atoms with Gasteiger partial charge in [0.15, 0.2) is 0 Å². The molecule has 0 bridgehead atoms. The van der Waals surface area contributed by atoms with E-state index < -0.39 is 12.6 Å². The zero-order valence-corrected chi connectivity index (χ0v) is 9.22. The minimum absolute atomic E-state index is 0.174. The predicted molar refractivity (Wildman–Crippen MR) is 56.0 cm³/mol. The van der Waals surface area contributed by atoms with Gasteiger partial charge in [0.25, 0.3) is 0 Å². The number of unbranched alkanes of at least 4 members (excludes halogenated alkanes) is 1. The normalized spacial score (nSPS) is 20.8. The molecule has 0 aliphatic carbocycles. The van der Waals surface area contributed by atoms with E-state index in [9.17, 15) is 13.2 Å². The van der Waals surface area contributed by atoms with Crippen molar-refractivity contribution in [3.63, 3.8) is 0 Å². The van der Waals surface area contributed by atoms with Crippen LogP contribution in [-0.2, 0) is 4.74 Å². The van der Waals surface area contributed by atoms with E-state index in [4.69, 9.17) is 4.74 Å². The number of alkyl halides is 3. The third-order valence-corrected chi connectivity index (χ3v) is 2.46. The number of halogens is 3. The molecule has 0 saturated carbocycles. The standard InChI is InChI=1S/C11H18F3NO/c12-11(13,14)6-2-3-7-15-9-10-5-1-4-8-16-10/h4,8,10,15H,1-3,5-7,9H2. The van der Waals surface area contributed by atoms with E-state index in [-0.39, 0.29) is 12.5 Å². The smallest absolute Gasteiger partial charge is 0.389 e. The molecule has 0 aromatic carbocycles. The molecule has 1 aliphatic heterocycles. The molecular formula is C11H18F3NO. The fraction of sp³-hybridized carbons (Fsp3) is 0.818. The highest BCUT2D eigenvalue weighted by molar-refractivity contribution is 4.82. The van der Waals surface area contributed by atoms with E-state index in [1.165, 1.54) is 0 Å². The maximum absolute atomic E-state index is 11.8. The molecular weight excluding hydrogens is 219 g/mol. The lowest BCUT2D eigenvalue weighted by Crippen LogP contribution is -2.29. The molecule has 0 aromatic rings. The van der Waals surface area contributed by atoms with Gasteiger partial charge >= 0.3 is 6.18 Å². The zero-order chi connectivity index (χ0) is 11.9. The van der Waals surface area contributed by atoms with Gasteiger partial charge in [-0.1, -0.05) is 0 Å². The van der Waals surface area contributed by atoms with Crippen LogP contribution in [0.3, 0.4) is 0 Å². The molecule has 1 unspecified atom stereocenters. The molecule has 1 aliphatic rings. The van der Waals surface area contributed by atoms with Gasteiger partial charge in [-0.15, -0.1) is 0 Å². The first-order valence-electron chi connectivity index (χ1n) is 5.66. The predicted octanol–water partition coefficient (Wildman–Crippen LogP) is 3.00. The van der Waals surface area contributed by atoms with Gasteiger partial charge in [-0.3, -0.25) is 0 Å². The quantitative estimate of drug-likeness (QED) is 0.717. The maximum atomic E-state index is 11.8. The van der Waals surface area contributed by atoms with E-state index in [2.05, 4.69) is 5.32 Å². The van der Waals surface area contributed by atoms with E-state index in [0.717, 1.165) is 19.4 Å². The highest BCUT2D eigenvalue weighted by Crippen LogP contribution is 2.21. The van der Waals surface area contributed by atoms with Crippen LogP contribution in [0.4, 0.5) is 13.2 Å². The second-order valence-corrected chi connectivity index (χ2v) is 3.98. The molecule has 2 nitrogen and oxygen atoms in total. The molecule has 0 radical (unpaired) electrons. The molecule has 1 atom stereocenters. The van der Waals surface area contributed by atoms with Crippen LogP contribution < -0.4 is 5.32 Å². The van der Waals surface area contributed by atoms with Crippen LogP contribution in [-0.4, -0.2) is 25.4 Å². The third-order valence-electron chi connectivity index (χ3n) is 2.46. The SMILES string of the molecule is FC(F)(F)CCCCNCC1CCC=CO1. The Labute approximate surface area is 93.9 Å². The molecule has 5 heteroatoms. The number of rotatable bonds is 6. The fourth-order valence-corrected chi connectivity index (χ4v) is 1.57. The van der Waals surface area contributed by atoms with E-state index in [0.29, 0.717) is 13.0 Å². The Balaban J connectivity index is 1.90. The number of allylic oxidation sites excluding steroid dienone is 1. The third kappa shape index (κ3) is 6.71. The van der Waals surface area contributed by atoms with Crippen molar-refractivity contribution in [1.82, 2.24) is 5.32 Å². The van der Waals surface area contributed by atoms with Gasteiger partial charge in [-0.2, -0.15) is 13.2 Å². The molecule has 0 aromatic heterocycles. The van der Waals surface area contributed by atoms with Gasteiger partial charge in [0.05, 0.1) is 6.26 Å². The second kappa shape index (κ2) is 6.78. The number of hydrogen-bond donors (Lipinski definition) is 1. The van der Waals surface area contributed by atoms with Gasteiger partial charge in [0.2, 0.25) is 0 Å². The van der Waals surface area contributed by atoms with Crippen molar-refractivity contribution in [3.05, 3.63) is 12.3 Å². The largest absolute Gasteiger partial charge is 0.497 e. The summed E-state index contributed by atoms with van der Waals surface area (Å²) in [5, 5.41) is 3.12. The van der Waals surface area contributed by atoms with Crippen LogP contribution in [0.5, 0.6) is 0 Å². The lowest BCUT2D eigenvalue weighted by atomic mass is 10.1. The van der Waals surface area contributed by atoms with Gasteiger partial charge in [-0.25, -0.2) is 0 Å². The summed E-state index contributed by atoms with van der Waals surface area (Å²) in [7, 11) is 0. The Morgan fingerprint density at radius 1 is 1.31 bits per heavy atom. The first kappa shape index (κ1) is 13.4. The topological polar surface area (TPSA) is 21.3 Å². The van der Waals surface area contributed by atoms with E-state index in [1.54, 1.807) is 6.26 Å². The summed E-state index contributed by atoms with van der Waals surface area (Å²) < 4.78 is 40.7. The Morgan fingerprint density at radius 2 is 2.12 bits per heavy atom. The van der Waals surface area contributed by atoms with Crippen molar-refractivity contribution in [1.29, 1.82) is 0 Å². The average Bonchev–Trinajstić information content (AvgIpc) is 2.23. The van der Waals surface area contributed by atoms with E-state index >= 15 is 0 Å². The lowest BCUT2D eigenvalue weighted by molar-refractivity contribution is -0.135. The van der Waals surface area contributed by atoms with E-state index in [1.807, 2.05) is 6.08 Å². The zero-order valence-electron chi connectivity index (χ0n) is 9.22. The number of nitrogens with one attached hydrogen (secondary N) is 1. The van der Waals surface area contributed by atoms with Crippen LogP contribution in [0.15, 0.2) is 12.3 Å². The van der Waals surface area contributed by atoms with Gasteiger partial charge in [-0.05, 0) is 38.3 Å². The van der Waals surface area contributed by atoms with Crippen molar-refractivity contribution < 1.29 is 17.9 Å². The first-order chi connectivity index (χ1) is 7.58. The summed E-state index contributed by atoms with van der Waals surface area (Å²) in [4.78, 5) is 0. The van der Waals surface area contributed by atoms with Crippen LogP contribution in [0.1, 0.15) is 32.1 Å². The Kier molecular flexibility index (Phi) is 5.66. The summed E-state index contributed by atoms with van der Waals surface area (Å²) >= 11 is 0. The van der Waals surface area contributed by atoms with Crippen molar-refractivity contribution in [2.24, 2.45) is 0 Å². The molecule has 0 spiro atoms. The highest BCUT2D eigenvalue weighted by Gasteiger charge is 2.25. The minimum Gasteiger partial charge on any atom is -0.497 e. The summed E-state index contributed by atoms with van der Waals surface area (Å²) in [6.45, 7) is 1.34. The summed E-state index contributed by atoms with van der Waals surface area (Å²) in [6, 6.07) is 0. The molecule has 94 valence electrons. The summed E-state index contributed by atoms with van der Waals surface area (Å²) in [5.74, 6) is 0. The molecule has 0 amide bonds. The van der Waals surface area contributed by atoms with Crippen molar-refractivity contribution in [2.75, 3.05) is 13.1 Å². The number of hydrogen-bond acceptors (Lipinski definition) is 2. The van der Waals surface area contributed by atoms with Gasteiger partial charge < -0.3 is 10.1 Å². The van der Waals surface area contributed by atoms with Crippen molar-refractivity contribution in [2.45, 2.75) is 44.4 Å². The van der Waals surface area contributed by atoms with Crippen molar-refractivity contribution >= 4 is 0 Å². The Bertz CT molecular complexity index is 216. The molecule has 1 N–H and O–H groups in total. The summed E-state index contributed by atoms with van der Waals surface area (Å²) in [6.07, 6.45) is 1.89. The highest BCUT2D eigenvalue weighted by atomic mass is 19.4. The lowest BCUT2D eigenvalue weighted by Gasteiger charge is -2.19. The maximum Gasteiger partial charge on any atom is 0.389 e. The van der Waals surface area contributed by atoms with Crippen LogP contribution in [0, 0.1) is 0 Å². The molecule has 1 rings (SSSR count). The molecule has 1 heterocycles. The molecule has 16 heavy (non-hydrogen) atoms. The molecule has 0 fully saturated rings.